The van der Waals surface area contributed by atoms with Crippen molar-refractivity contribution >= 4 is 5.57 Å². The van der Waals surface area contributed by atoms with Crippen LogP contribution in [0.2, 0.25) is 0 Å². The third kappa shape index (κ3) is 1.32. The predicted octanol–water partition coefficient (Wildman–Crippen LogP) is 2.28. The van der Waals surface area contributed by atoms with Gasteiger partial charge in [-0.15, -0.1) is 0 Å². The summed E-state index contributed by atoms with van der Waals surface area (Å²) >= 11 is 0. The van der Waals surface area contributed by atoms with Crippen LogP contribution < -0.4 is 0 Å². The van der Waals surface area contributed by atoms with E-state index < -0.39 is 0 Å². The molecule has 0 saturated carbocycles. The minimum absolute atomic E-state index is 0.933. The lowest BCUT2D eigenvalue weighted by Gasteiger charge is -1.95. The molecule has 0 bridgehead atoms. The van der Waals surface area contributed by atoms with Gasteiger partial charge in [-0.25, -0.2) is 0 Å². The van der Waals surface area contributed by atoms with Crippen LogP contribution in [-0.2, 0) is 0 Å². The van der Waals surface area contributed by atoms with Crippen LogP contribution in [0.1, 0.15) is 5.56 Å². The molecule has 1 heteroatoms. The largest absolute Gasteiger partial charge is 0.265 e. The molecule has 1 aromatic rings. The zero-order chi connectivity index (χ0) is 7.40. The second kappa shape index (κ2) is 2.97. The van der Waals surface area contributed by atoms with Gasteiger partial charge < -0.3 is 0 Å². The van der Waals surface area contributed by atoms with Gasteiger partial charge in [0.15, 0.2) is 0 Å². The Labute approximate surface area is 60.7 Å². The molecule has 0 aliphatic carbocycles. The van der Waals surface area contributed by atoms with Crippen molar-refractivity contribution in [2.75, 3.05) is 0 Å². The molecule has 1 heterocycles. The number of allylic oxidation sites excluding steroid dienone is 2. The highest BCUT2D eigenvalue weighted by Crippen LogP contribution is 2.09. The third-order valence-electron chi connectivity index (χ3n) is 1.30. The highest BCUT2D eigenvalue weighted by atomic mass is 14.6. The van der Waals surface area contributed by atoms with Crippen molar-refractivity contribution in [3.63, 3.8) is 0 Å². The molecule has 10 heavy (non-hydrogen) atoms. The second-order valence-electron chi connectivity index (χ2n) is 1.97. The average Bonchev–Trinajstić information content (AvgIpc) is 2.05. The highest BCUT2D eigenvalue weighted by molar-refractivity contribution is 5.70. The van der Waals surface area contributed by atoms with Crippen molar-refractivity contribution in [1.29, 1.82) is 0 Å². The van der Waals surface area contributed by atoms with Crippen molar-refractivity contribution < 1.29 is 0 Å². The summed E-state index contributed by atoms with van der Waals surface area (Å²) in [6.07, 6.45) is 5.21. The first-order valence-electron chi connectivity index (χ1n) is 3.06. The number of pyridine rings is 1. The van der Waals surface area contributed by atoms with E-state index in [1.807, 2.05) is 12.1 Å². The molecule has 1 nitrogen and oxygen atoms in total. The minimum Gasteiger partial charge on any atom is -0.265 e. The summed E-state index contributed by atoms with van der Waals surface area (Å²) in [6, 6.07) is 3.81. The summed E-state index contributed by atoms with van der Waals surface area (Å²) in [5.74, 6) is 0. The van der Waals surface area contributed by atoms with Gasteiger partial charge in [0.05, 0.1) is 0 Å². The molecule has 0 fully saturated rings. The molecular weight excluding hydrogens is 122 g/mol. The van der Waals surface area contributed by atoms with E-state index in [0.29, 0.717) is 0 Å². The predicted molar refractivity (Wildman–Crippen MR) is 43.5 cm³/mol. The Morgan fingerprint density at radius 3 is 2.50 bits per heavy atom. The standard InChI is InChI=1S/C9H9N/c1-3-8(2)9-4-6-10-7-5-9/h3-7H,1-2H2. The van der Waals surface area contributed by atoms with Crippen LogP contribution in [0.3, 0.4) is 0 Å². The Bertz CT molecular complexity index is 236. The molecular formula is C9H9N. The van der Waals surface area contributed by atoms with Gasteiger partial charge in [-0.05, 0) is 23.3 Å². The number of hydrogen-bond donors (Lipinski definition) is 0. The van der Waals surface area contributed by atoms with E-state index in [-0.39, 0.29) is 0 Å². The Morgan fingerprint density at radius 2 is 2.00 bits per heavy atom. The van der Waals surface area contributed by atoms with Crippen molar-refractivity contribution in [2.45, 2.75) is 0 Å². The molecule has 0 N–H and O–H groups in total. The number of hydrogen-bond acceptors (Lipinski definition) is 1. The van der Waals surface area contributed by atoms with Crippen LogP contribution in [0, 0.1) is 0 Å². The van der Waals surface area contributed by atoms with E-state index in [4.69, 9.17) is 0 Å². The van der Waals surface area contributed by atoms with Crippen LogP contribution >= 0.6 is 0 Å². The molecule has 0 aliphatic rings. The fourth-order valence-corrected chi connectivity index (χ4v) is 0.684. The SMILES string of the molecule is C=CC(=C)c1ccncc1. The van der Waals surface area contributed by atoms with Crippen molar-refractivity contribution in [3.05, 3.63) is 49.3 Å². The average molecular weight is 131 g/mol. The van der Waals surface area contributed by atoms with E-state index in [2.05, 4.69) is 18.1 Å². The summed E-state index contributed by atoms with van der Waals surface area (Å²) in [4.78, 5) is 3.89. The Morgan fingerprint density at radius 1 is 1.40 bits per heavy atom. The summed E-state index contributed by atoms with van der Waals surface area (Å²) in [5, 5.41) is 0. The second-order valence-corrected chi connectivity index (χ2v) is 1.97. The molecule has 0 aromatic carbocycles. The maximum atomic E-state index is 3.89. The Balaban J connectivity index is 2.95. The van der Waals surface area contributed by atoms with Gasteiger partial charge in [0.2, 0.25) is 0 Å². The zero-order valence-electron chi connectivity index (χ0n) is 5.75. The topological polar surface area (TPSA) is 12.9 Å². The zero-order valence-corrected chi connectivity index (χ0v) is 5.75. The summed E-state index contributed by atoms with van der Waals surface area (Å²) in [5.41, 5.74) is 2.01. The van der Waals surface area contributed by atoms with E-state index in [9.17, 15) is 0 Å². The van der Waals surface area contributed by atoms with Gasteiger partial charge in [-0.1, -0.05) is 19.2 Å². The summed E-state index contributed by atoms with van der Waals surface area (Å²) in [7, 11) is 0. The van der Waals surface area contributed by atoms with Gasteiger partial charge in [0.1, 0.15) is 0 Å². The molecule has 50 valence electrons. The van der Waals surface area contributed by atoms with Crippen LogP contribution in [0.25, 0.3) is 5.57 Å². The molecule has 0 aliphatic heterocycles. The van der Waals surface area contributed by atoms with Crippen molar-refractivity contribution in [3.8, 4) is 0 Å². The first kappa shape index (κ1) is 6.75. The maximum absolute atomic E-state index is 3.89. The Kier molecular flexibility index (Phi) is 2.00. The van der Waals surface area contributed by atoms with Gasteiger partial charge in [-0.2, -0.15) is 0 Å². The van der Waals surface area contributed by atoms with Crippen LogP contribution in [0.5, 0.6) is 0 Å². The van der Waals surface area contributed by atoms with Crippen LogP contribution in [0.15, 0.2) is 43.8 Å². The van der Waals surface area contributed by atoms with E-state index in [0.717, 1.165) is 11.1 Å². The lowest BCUT2D eigenvalue weighted by Crippen LogP contribution is -1.77. The molecule has 0 radical (unpaired) electrons. The van der Waals surface area contributed by atoms with Crippen molar-refractivity contribution in [2.24, 2.45) is 0 Å². The lowest BCUT2D eigenvalue weighted by atomic mass is 10.1. The fraction of sp³-hybridized carbons (Fsp3) is 0. The van der Waals surface area contributed by atoms with Crippen LogP contribution in [0.4, 0.5) is 0 Å². The van der Waals surface area contributed by atoms with E-state index in [1.165, 1.54) is 0 Å². The quantitative estimate of drug-likeness (QED) is 0.561. The third-order valence-corrected chi connectivity index (χ3v) is 1.30. The molecule has 0 spiro atoms. The van der Waals surface area contributed by atoms with E-state index >= 15 is 0 Å². The maximum Gasteiger partial charge on any atom is 0.0273 e. The molecule has 1 rings (SSSR count). The monoisotopic (exact) mass is 131 g/mol. The van der Waals surface area contributed by atoms with Gasteiger partial charge in [0.25, 0.3) is 0 Å². The van der Waals surface area contributed by atoms with E-state index in [1.54, 1.807) is 18.5 Å². The molecule has 0 saturated heterocycles. The molecule has 0 unspecified atom stereocenters. The normalized spacial score (nSPS) is 8.80. The number of nitrogens with zero attached hydrogens (tertiary/aromatic N) is 1. The van der Waals surface area contributed by atoms with Gasteiger partial charge in [0, 0.05) is 12.4 Å². The van der Waals surface area contributed by atoms with Crippen LogP contribution in [-0.4, -0.2) is 4.98 Å². The fourth-order valence-electron chi connectivity index (χ4n) is 0.684. The Hall–Kier alpha value is -1.37. The molecule has 0 amide bonds. The van der Waals surface area contributed by atoms with Gasteiger partial charge >= 0.3 is 0 Å². The smallest absolute Gasteiger partial charge is 0.0273 e. The van der Waals surface area contributed by atoms with Gasteiger partial charge in [-0.3, -0.25) is 4.98 Å². The lowest BCUT2D eigenvalue weighted by molar-refractivity contribution is 1.32. The number of rotatable bonds is 2. The van der Waals surface area contributed by atoms with Crippen molar-refractivity contribution in [1.82, 2.24) is 4.98 Å². The number of aromatic nitrogens is 1. The highest BCUT2D eigenvalue weighted by Gasteiger charge is 1.89. The molecule has 0 atom stereocenters. The molecule has 1 aromatic heterocycles. The first-order chi connectivity index (χ1) is 4.84. The summed E-state index contributed by atoms with van der Waals surface area (Å²) < 4.78 is 0. The summed E-state index contributed by atoms with van der Waals surface area (Å²) in [6.45, 7) is 7.41. The minimum atomic E-state index is 0.933. The first-order valence-corrected chi connectivity index (χ1v) is 3.06.